The third-order valence-corrected chi connectivity index (χ3v) is 6.98. The number of imide groups is 1. The Morgan fingerprint density at radius 2 is 1.85 bits per heavy atom. The van der Waals surface area contributed by atoms with Crippen LogP contribution in [0.4, 0.5) is 4.79 Å². The van der Waals surface area contributed by atoms with Gasteiger partial charge in [-0.2, -0.15) is 0 Å². The number of likely N-dealkylation sites (tertiary alicyclic amines) is 1. The molecule has 9 heteroatoms. The van der Waals surface area contributed by atoms with E-state index in [4.69, 9.17) is 21.1 Å². The average Bonchev–Trinajstić information content (AvgIpc) is 3.11. The fourth-order valence-corrected chi connectivity index (χ4v) is 4.86. The summed E-state index contributed by atoms with van der Waals surface area (Å²) < 4.78 is 11.3. The summed E-state index contributed by atoms with van der Waals surface area (Å²) in [5.41, 5.74) is 1.53. The highest BCUT2D eigenvalue weighted by atomic mass is 35.5. The molecule has 34 heavy (non-hydrogen) atoms. The van der Waals surface area contributed by atoms with Crippen LogP contribution >= 0.6 is 23.4 Å². The molecule has 0 bridgehead atoms. The van der Waals surface area contributed by atoms with Crippen molar-refractivity contribution < 1.29 is 23.9 Å². The summed E-state index contributed by atoms with van der Waals surface area (Å²) in [5.74, 6) is 0.364. The minimum absolute atomic E-state index is 0.190. The third-order valence-electron chi connectivity index (χ3n) is 5.70. The summed E-state index contributed by atoms with van der Waals surface area (Å²) in [7, 11) is 1.53. The predicted molar refractivity (Wildman–Crippen MR) is 132 cm³/mol. The predicted octanol–water partition coefficient (Wildman–Crippen LogP) is 4.98. The Balaban J connectivity index is 1.44. The van der Waals surface area contributed by atoms with E-state index in [1.54, 1.807) is 35.2 Å². The van der Waals surface area contributed by atoms with Gasteiger partial charge in [0, 0.05) is 23.7 Å². The molecule has 2 fully saturated rings. The van der Waals surface area contributed by atoms with Gasteiger partial charge in [-0.25, -0.2) is 0 Å². The summed E-state index contributed by atoms with van der Waals surface area (Å²) in [6.45, 7) is 1.41. The molecule has 7 nitrogen and oxygen atoms in total. The van der Waals surface area contributed by atoms with Gasteiger partial charge in [-0.15, -0.1) is 0 Å². The summed E-state index contributed by atoms with van der Waals surface area (Å²) in [6, 6.07) is 12.7. The number of halogens is 1. The van der Waals surface area contributed by atoms with Crippen LogP contribution < -0.4 is 9.47 Å². The number of nitrogens with zero attached hydrogens (tertiary/aromatic N) is 2. The van der Waals surface area contributed by atoms with Gasteiger partial charge in [0.15, 0.2) is 11.5 Å². The highest BCUT2D eigenvalue weighted by molar-refractivity contribution is 8.18. The summed E-state index contributed by atoms with van der Waals surface area (Å²) in [4.78, 5) is 40.8. The second kappa shape index (κ2) is 11.0. The first kappa shape index (κ1) is 24.2. The van der Waals surface area contributed by atoms with Gasteiger partial charge in [0.25, 0.3) is 11.1 Å². The van der Waals surface area contributed by atoms with Crippen LogP contribution in [-0.2, 0) is 16.2 Å². The Hall–Kier alpha value is -2.97. The van der Waals surface area contributed by atoms with Crippen molar-refractivity contribution in [1.82, 2.24) is 9.80 Å². The SMILES string of the molecule is COc1cc(/C=C2\SC(=O)N(CC(=O)N3CCCCC3)C2=O)ccc1OCc1ccccc1Cl. The van der Waals surface area contributed by atoms with Gasteiger partial charge >= 0.3 is 0 Å². The minimum atomic E-state index is -0.460. The van der Waals surface area contributed by atoms with Crippen LogP contribution in [0.5, 0.6) is 11.5 Å². The summed E-state index contributed by atoms with van der Waals surface area (Å²) in [5, 5.41) is 0.181. The molecule has 0 atom stereocenters. The molecule has 2 aliphatic heterocycles. The first-order valence-corrected chi connectivity index (χ1v) is 12.2. The molecule has 2 saturated heterocycles. The Labute approximate surface area is 207 Å². The maximum atomic E-state index is 12.8. The number of methoxy groups -OCH3 is 1. The van der Waals surface area contributed by atoms with E-state index >= 15 is 0 Å². The van der Waals surface area contributed by atoms with Gasteiger partial charge in [-0.05, 0) is 60.9 Å². The molecular weight excluding hydrogens is 476 g/mol. The average molecular weight is 501 g/mol. The van der Waals surface area contributed by atoms with E-state index in [0.29, 0.717) is 35.2 Å². The number of benzene rings is 2. The topological polar surface area (TPSA) is 76.2 Å². The number of amides is 3. The molecule has 4 rings (SSSR count). The monoisotopic (exact) mass is 500 g/mol. The molecule has 3 amide bonds. The zero-order valence-corrected chi connectivity index (χ0v) is 20.4. The van der Waals surface area contributed by atoms with Crippen molar-refractivity contribution in [3.05, 3.63) is 63.5 Å². The van der Waals surface area contributed by atoms with E-state index in [2.05, 4.69) is 0 Å². The van der Waals surface area contributed by atoms with Crippen LogP contribution in [0.3, 0.4) is 0 Å². The lowest BCUT2D eigenvalue weighted by molar-refractivity contribution is -0.136. The van der Waals surface area contributed by atoms with E-state index in [1.807, 2.05) is 18.2 Å². The van der Waals surface area contributed by atoms with E-state index in [-0.39, 0.29) is 24.0 Å². The molecule has 0 aromatic heterocycles. The molecular formula is C25H25ClN2O5S. The smallest absolute Gasteiger partial charge is 0.294 e. The number of rotatable bonds is 7. The first-order valence-electron chi connectivity index (χ1n) is 11.0. The number of ether oxygens (including phenoxy) is 2. The lowest BCUT2D eigenvalue weighted by Crippen LogP contribution is -2.44. The number of hydrogen-bond donors (Lipinski definition) is 0. The second-order valence-corrected chi connectivity index (χ2v) is 9.40. The molecule has 0 spiro atoms. The van der Waals surface area contributed by atoms with Gasteiger partial charge in [-0.3, -0.25) is 19.3 Å². The fourth-order valence-electron chi connectivity index (χ4n) is 3.83. The van der Waals surface area contributed by atoms with E-state index in [1.165, 1.54) is 7.11 Å². The Morgan fingerprint density at radius 1 is 1.09 bits per heavy atom. The molecule has 0 radical (unpaired) electrons. The van der Waals surface area contributed by atoms with Crippen molar-refractivity contribution >= 4 is 46.5 Å². The van der Waals surface area contributed by atoms with Crippen molar-refractivity contribution in [2.75, 3.05) is 26.7 Å². The Morgan fingerprint density at radius 3 is 2.59 bits per heavy atom. The van der Waals surface area contributed by atoms with Crippen molar-refractivity contribution in [1.29, 1.82) is 0 Å². The van der Waals surface area contributed by atoms with E-state index < -0.39 is 11.1 Å². The molecule has 0 N–H and O–H groups in total. The molecule has 2 aliphatic rings. The number of thioether (sulfide) groups is 1. The Bertz CT molecular complexity index is 1130. The zero-order chi connectivity index (χ0) is 24.1. The highest BCUT2D eigenvalue weighted by Gasteiger charge is 2.37. The third kappa shape index (κ3) is 5.56. The molecule has 2 aromatic rings. The van der Waals surface area contributed by atoms with Gasteiger partial charge in [-0.1, -0.05) is 35.9 Å². The fraction of sp³-hybridized carbons (Fsp3) is 0.320. The van der Waals surface area contributed by atoms with Gasteiger partial charge in [0.2, 0.25) is 5.91 Å². The van der Waals surface area contributed by atoms with Crippen LogP contribution in [0, 0.1) is 0 Å². The lowest BCUT2D eigenvalue weighted by Gasteiger charge is -2.27. The molecule has 0 unspecified atom stereocenters. The van der Waals surface area contributed by atoms with Gasteiger partial charge < -0.3 is 14.4 Å². The van der Waals surface area contributed by atoms with Crippen LogP contribution in [-0.4, -0.2) is 53.6 Å². The maximum absolute atomic E-state index is 12.8. The molecule has 2 heterocycles. The summed E-state index contributed by atoms with van der Waals surface area (Å²) >= 11 is 7.02. The van der Waals surface area contributed by atoms with Crippen molar-refractivity contribution in [2.45, 2.75) is 25.9 Å². The quantitative estimate of drug-likeness (QED) is 0.499. The molecule has 0 saturated carbocycles. The second-order valence-electron chi connectivity index (χ2n) is 8.00. The van der Waals surface area contributed by atoms with Crippen LogP contribution in [0.2, 0.25) is 5.02 Å². The van der Waals surface area contributed by atoms with E-state index in [0.717, 1.165) is 41.5 Å². The highest BCUT2D eigenvalue weighted by Crippen LogP contribution is 2.35. The van der Waals surface area contributed by atoms with Crippen LogP contribution in [0.25, 0.3) is 6.08 Å². The lowest BCUT2D eigenvalue weighted by atomic mass is 10.1. The maximum Gasteiger partial charge on any atom is 0.294 e. The normalized spacial score (nSPS) is 17.4. The van der Waals surface area contributed by atoms with Gasteiger partial charge in [0.1, 0.15) is 13.2 Å². The van der Waals surface area contributed by atoms with Crippen molar-refractivity contribution in [2.24, 2.45) is 0 Å². The minimum Gasteiger partial charge on any atom is -0.493 e. The standard InChI is InChI=1S/C25H25ClN2O5S/c1-32-21-13-17(9-10-20(21)33-16-18-7-3-4-8-19(18)26)14-22-24(30)28(25(31)34-22)15-23(29)27-11-5-2-6-12-27/h3-4,7-10,13-14H,2,5-6,11-12,15-16H2,1H3/b22-14-. The van der Waals surface area contributed by atoms with Crippen LogP contribution in [0.15, 0.2) is 47.4 Å². The molecule has 0 aliphatic carbocycles. The largest absolute Gasteiger partial charge is 0.493 e. The molecule has 178 valence electrons. The number of carbonyl (C=O) groups is 3. The zero-order valence-electron chi connectivity index (χ0n) is 18.8. The van der Waals surface area contributed by atoms with Crippen LogP contribution in [0.1, 0.15) is 30.4 Å². The van der Waals surface area contributed by atoms with Gasteiger partial charge in [0.05, 0.1) is 12.0 Å². The molecule has 2 aromatic carbocycles. The van der Waals surface area contributed by atoms with Crippen molar-refractivity contribution in [3.8, 4) is 11.5 Å². The first-order chi connectivity index (χ1) is 16.5. The van der Waals surface area contributed by atoms with Crippen molar-refractivity contribution in [3.63, 3.8) is 0 Å². The van der Waals surface area contributed by atoms with E-state index in [9.17, 15) is 14.4 Å². The Kier molecular flexibility index (Phi) is 7.80. The number of hydrogen-bond acceptors (Lipinski definition) is 6. The summed E-state index contributed by atoms with van der Waals surface area (Å²) in [6.07, 6.45) is 4.62. The number of carbonyl (C=O) groups excluding carboxylic acids is 3. The number of piperidine rings is 1.